The Morgan fingerprint density at radius 1 is 1.31 bits per heavy atom. The molecule has 0 radical (unpaired) electrons. The van der Waals surface area contributed by atoms with E-state index < -0.39 is 12.0 Å². The normalized spacial score (nSPS) is 15.8. The maximum Gasteiger partial charge on any atom is 0.268 e. The van der Waals surface area contributed by atoms with Crippen molar-refractivity contribution >= 4 is 39.8 Å². The van der Waals surface area contributed by atoms with Crippen LogP contribution in [0.4, 0.5) is 10.8 Å². The highest BCUT2D eigenvalue weighted by Crippen LogP contribution is 2.35. The zero-order valence-corrected chi connectivity index (χ0v) is 17.7. The van der Waals surface area contributed by atoms with Gasteiger partial charge in [-0.15, -0.1) is 10.2 Å². The number of carbonyl (C=O) groups excluding carboxylic acids is 3. The number of ether oxygens (including phenoxy) is 1. The van der Waals surface area contributed by atoms with Crippen molar-refractivity contribution in [1.29, 1.82) is 0 Å². The lowest BCUT2D eigenvalue weighted by Gasteiger charge is -2.32. The van der Waals surface area contributed by atoms with E-state index in [-0.39, 0.29) is 24.2 Å². The van der Waals surface area contributed by atoms with Crippen LogP contribution in [0.1, 0.15) is 61.8 Å². The average molecular weight is 417 g/mol. The first-order chi connectivity index (χ1) is 13.8. The second-order valence-corrected chi connectivity index (χ2v) is 8.20. The molecular weight excluding hydrogens is 392 g/mol. The molecule has 0 fully saturated rings. The summed E-state index contributed by atoms with van der Waals surface area (Å²) >= 11 is 1.30. The quantitative estimate of drug-likeness (QED) is 0.694. The number of hydrogen-bond acceptors (Lipinski definition) is 7. The van der Waals surface area contributed by atoms with Crippen LogP contribution in [-0.4, -0.2) is 40.4 Å². The summed E-state index contributed by atoms with van der Waals surface area (Å²) in [5.74, 6) is -0.0643. The first-order valence-corrected chi connectivity index (χ1v) is 10.4. The number of nitrogens with one attached hydrogen (secondary N) is 1. The van der Waals surface area contributed by atoms with E-state index >= 15 is 0 Å². The molecule has 1 atom stereocenters. The van der Waals surface area contributed by atoms with Crippen LogP contribution >= 0.6 is 11.3 Å². The molecule has 29 heavy (non-hydrogen) atoms. The largest absolute Gasteiger partial charge is 0.479 e. The second kappa shape index (κ2) is 8.69. The van der Waals surface area contributed by atoms with Crippen LogP contribution in [0.3, 0.4) is 0 Å². The highest BCUT2D eigenvalue weighted by molar-refractivity contribution is 7.15. The molecule has 0 aliphatic carbocycles. The molecule has 1 N–H and O–H groups in total. The SMILES string of the molecule is CCCC(=O)c1ccc2c(c1)N(CC(=O)Nc1nnc(C(C)C)s1)C(=O)C(C)O2. The van der Waals surface area contributed by atoms with E-state index in [4.69, 9.17) is 4.74 Å². The molecule has 0 saturated heterocycles. The minimum absolute atomic E-state index is 0.0131. The molecule has 3 rings (SSSR count). The fourth-order valence-electron chi connectivity index (χ4n) is 2.94. The monoisotopic (exact) mass is 416 g/mol. The lowest BCUT2D eigenvalue weighted by Crippen LogP contribution is -2.47. The molecule has 2 amide bonds. The number of Topliss-reactive ketones (excluding diaryl/α,β-unsaturated/α-hetero) is 1. The van der Waals surface area contributed by atoms with Gasteiger partial charge in [0.05, 0.1) is 5.69 Å². The standard InChI is InChI=1S/C20H24N4O4S/c1-5-6-15(25)13-7-8-16-14(9-13)24(19(27)12(4)28-16)10-17(26)21-20-23-22-18(29-20)11(2)3/h7-9,11-12H,5-6,10H2,1-4H3,(H,21,23,26). The first kappa shape index (κ1) is 20.9. The van der Waals surface area contributed by atoms with Crippen molar-refractivity contribution in [2.75, 3.05) is 16.8 Å². The molecule has 1 aromatic carbocycles. The third-order valence-corrected chi connectivity index (χ3v) is 5.59. The molecule has 1 unspecified atom stereocenters. The molecule has 2 heterocycles. The van der Waals surface area contributed by atoms with E-state index in [0.29, 0.717) is 28.6 Å². The van der Waals surface area contributed by atoms with Gasteiger partial charge in [0.25, 0.3) is 5.91 Å². The molecule has 2 aromatic rings. The molecule has 154 valence electrons. The van der Waals surface area contributed by atoms with Crippen molar-refractivity contribution in [3.63, 3.8) is 0 Å². The average Bonchev–Trinajstić information content (AvgIpc) is 3.14. The van der Waals surface area contributed by atoms with Crippen molar-refractivity contribution in [2.24, 2.45) is 0 Å². The lowest BCUT2D eigenvalue weighted by molar-refractivity contribution is -0.127. The third-order valence-electron chi connectivity index (χ3n) is 4.45. The van der Waals surface area contributed by atoms with Crippen LogP contribution < -0.4 is 15.0 Å². The number of carbonyl (C=O) groups is 3. The van der Waals surface area contributed by atoms with Crippen molar-refractivity contribution in [2.45, 2.75) is 52.6 Å². The minimum Gasteiger partial charge on any atom is -0.479 e. The minimum atomic E-state index is -0.721. The van der Waals surface area contributed by atoms with Crippen molar-refractivity contribution < 1.29 is 19.1 Å². The molecule has 1 aromatic heterocycles. The number of nitrogens with zero attached hydrogens (tertiary/aromatic N) is 3. The van der Waals surface area contributed by atoms with Crippen molar-refractivity contribution in [3.8, 4) is 5.75 Å². The van der Waals surface area contributed by atoms with Gasteiger partial charge in [0.2, 0.25) is 11.0 Å². The van der Waals surface area contributed by atoms with E-state index in [9.17, 15) is 14.4 Å². The Morgan fingerprint density at radius 3 is 2.72 bits per heavy atom. The Morgan fingerprint density at radius 2 is 2.07 bits per heavy atom. The summed E-state index contributed by atoms with van der Waals surface area (Å²) in [5, 5.41) is 11.9. The zero-order chi connectivity index (χ0) is 21.1. The fraction of sp³-hybridized carbons (Fsp3) is 0.450. The van der Waals surface area contributed by atoms with E-state index in [1.54, 1.807) is 25.1 Å². The zero-order valence-electron chi connectivity index (χ0n) is 16.9. The summed E-state index contributed by atoms with van der Waals surface area (Å²) < 4.78 is 5.64. The molecule has 9 heteroatoms. The molecule has 0 saturated carbocycles. The number of amides is 2. The van der Waals surface area contributed by atoms with Gasteiger partial charge >= 0.3 is 0 Å². The Labute approximate surface area is 173 Å². The van der Waals surface area contributed by atoms with E-state index in [1.165, 1.54) is 16.2 Å². The van der Waals surface area contributed by atoms with Gasteiger partial charge in [-0.3, -0.25) is 24.6 Å². The molecule has 1 aliphatic rings. The van der Waals surface area contributed by atoms with Crippen LogP contribution in [0.15, 0.2) is 18.2 Å². The fourth-order valence-corrected chi connectivity index (χ4v) is 3.70. The number of fused-ring (bicyclic) bond motifs is 1. The van der Waals surface area contributed by atoms with Gasteiger partial charge < -0.3 is 4.74 Å². The Hall–Kier alpha value is -2.81. The highest BCUT2D eigenvalue weighted by Gasteiger charge is 2.33. The number of ketones is 1. The summed E-state index contributed by atoms with van der Waals surface area (Å²) in [4.78, 5) is 38.9. The van der Waals surface area contributed by atoms with Crippen LogP contribution in [0.5, 0.6) is 5.75 Å². The van der Waals surface area contributed by atoms with Gasteiger partial charge in [0.1, 0.15) is 17.3 Å². The van der Waals surface area contributed by atoms with Crippen molar-refractivity contribution in [1.82, 2.24) is 10.2 Å². The smallest absolute Gasteiger partial charge is 0.268 e. The summed E-state index contributed by atoms with van der Waals surface area (Å²) in [6, 6.07) is 4.98. The number of rotatable bonds is 7. The van der Waals surface area contributed by atoms with Gasteiger partial charge in [-0.2, -0.15) is 0 Å². The number of benzene rings is 1. The third kappa shape index (κ3) is 4.61. The molecule has 0 spiro atoms. The van der Waals surface area contributed by atoms with Crippen LogP contribution in [-0.2, 0) is 9.59 Å². The van der Waals surface area contributed by atoms with E-state index in [1.807, 2.05) is 20.8 Å². The predicted octanol–water partition coefficient (Wildman–Crippen LogP) is 3.40. The van der Waals surface area contributed by atoms with Gasteiger partial charge in [-0.25, -0.2) is 0 Å². The Kier molecular flexibility index (Phi) is 6.26. The van der Waals surface area contributed by atoms with Crippen LogP contribution in [0.2, 0.25) is 0 Å². The summed E-state index contributed by atoms with van der Waals surface area (Å²) in [7, 11) is 0. The molecule has 0 bridgehead atoms. The first-order valence-electron chi connectivity index (χ1n) is 9.58. The van der Waals surface area contributed by atoms with E-state index in [0.717, 1.165) is 11.4 Å². The predicted molar refractivity (Wildman–Crippen MR) is 111 cm³/mol. The van der Waals surface area contributed by atoms with Gasteiger partial charge in [-0.05, 0) is 31.5 Å². The van der Waals surface area contributed by atoms with Crippen LogP contribution in [0.25, 0.3) is 0 Å². The maximum absolute atomic E-state index is 12.7. The van der Waals surface area contributed by atoms with Crippen molar-refractivity contribution in [3.05, 3.63) is 28.8 Å². The topological polar surface area (TPSA) is 101 Å². The second-order valence-electron chi connectivity index (χ2n) is 7.19. The van der Waals surface area contributed by atoms with Crippen LogP contribution in [0, 0.1) is 0 Å². The molecular formula is C20H24N4O4S. The highest BCUT2D eigenvalue weighted by atomic mass is 32.1. The summed E-state index contributed by atoms with van der Waals surface area (Å²) in [5.41, 5.74) is 0.915. The van der Waals surface area contributed by atoms with E-state index in [2.05, 4.69) is 15.5 Å². The summed E-state index contributed by atoms with van der Waals surface area (Å²) in [6.07, 6.45) is 0.426. The molecule has 1 aliphatic heterocycles. The number of hydrogen-bond donors (Lipinski definition) is 1. The van der Waals surface area contributed by atoms with Gasteiger partial charge in [0, 0.05) is 17.9 Å². The number of aromatic nitrogens is 2. The molecule has 8 nitrogen and oxygen atoms in total. The maximum atomic E-state index is 12.7. The Balaban J connectivity index is 1.82. The number of anilines is 2. The van der Waals surface area contributed by atoms with Gasteiger partial charge in [0.15, 0.2) is 11.9 Å². The summed E-state index contributed by atoms with van der Waals surface area (Å²) in [6.45, 7) is 7.34. The lowest BCUT2D eigenvalue weighted by atomic mass is 10.0. The Bertz CT molecular complexity index is 940. The van der Waals surface area contributed by atoms with Gasteiger partial charge in [-0.1, -0.05) is 32.1 Å².